The van der Waals surface area contributed by atoms with Crippen LogP contribution in [0.4, 0.5) is 0 Å². The maximum atomic E-state index is 12.9. The molecule has 0 atom stereocenters. The molecule has 0 saturated carbocycles. The molecule has 1 aromatic heterocycles. The Morgan fingerprint density at radius 1 is 0.970 bits per heavy atom. The molecule has 0 fully saturated rings. The van der Waals surface area contributed by atoms with Gasteiger partial charge in [-0.15, -0.1) is 0 Å². The summed E-state index contributed by atoms with van der Waals surface area (Å²) in [5.41, 5.74) is 3.06. The second kappa shape index (κ2) is 10.2. The number of carbonyl (C=O) groups excluding carboxylic acids is 1. The topological polar surface area (TPSA) is 84.2 Å². The summed E-state index contributed by atoms with van der Waals surface area (Å²) in [6.45, 7) is 1.89. The zero-order chi connectivity index (χ0) is 23.2. The van der Waals surface area contributed by atoms with Crippen molar-refractivity contribution in [3.05, 3.63) is 118 Å². The smallest absolute Gasteiger partial charge is 0.262 e. The molecule has 0 saturated heterocycles. The minimum Gasteiger partial charge on any atom is -0.493 e. The summed E-state index contributed by atoms with van der Waals surface area (Å²) in [7, 11) is 0. The third-order valence-electron chi connectivity index (χ3n) is 5.13. The highest BCUT2D eigenvalue weighted by Gasteiger charge is 2.19. The SMILES string of the molecule is Cc1ccccc1-n1c(SCC(=O)NC(c2ccccc2)c2ccccc2)nc(O)cc1=O. The van der Waals surface area contributed by atoms with Gasteiger partial charge < -0.3 is 10.4 Å². The molecule has 3 aromatic carbocycles. The van der Waals surface area contributed by atoms with Crippen LogP contribution in [0.25, 0.3) is 5.69 Å². The van der Waals surface area contributed by atoms with Crippen molar-refractivity contribution in [2.75, 3.05) is 5.75 Å². The molecular weight excluding hydrogens is 434 g/mol. The lowest BCUT2D eigenvalue weighted by Gasteiger charge is -2.20. The van der Waals surface area contributed by atoms with Crippen molar-refractivity contribution in [1.29, 1.82) is 0 Å². The molecule has 0 radical (unpaired) electrons. The number of thioether (sulfide) groups is 1. The number of nitrogens with zero attached hydrogens (tertiary/aromatic N) is 2. The molecule has 1 heterocycles. The third-order valence-corrected chi connectivity index (χ3v) is 6.07. The normalized spacial score (nSPS) is 10.8. The van der Waals surface area contributed by atoms with E-state index in [0.717, 1.165) is 34.5 Å². The molecule has 4 aromatic rings. The van der Waals surface area contributed by atoms with E-state index in [1.165, 1.54) is 4.57 Å². The maximum Gasteiger partial charge on any atom is 0.262 e. The summed E-state index contributed by atoms with van der Waals surface area (Å²) >= 11 is 1.10. The summed E-state index contributed by atoms with van der Waals surface area (Å²) in [6.07, 6.45) is 0. The van der Waals surface area contributed by atoms with Crippen LogP contribution in [0.3, 0.4) is 0 Å². The van der Waals surface area contributed by atoms with Gasteiger partial charge in [-0.05, 0) is 29.7 Å². The second-order valence-electron chi connectivity index (χ2n) is 7.47. The van der Waals surface area contributed by atoms with E-state index in [-0.39, 0.29) is 28.7 Å². The molecule has 0 bridgehead atoms. The predicted molar refractivity (Wildman–Crippen MR) is 130 cm³/mol. The van der Waals surface area contributed by atoms with Crippen molar-refractivity contribution in [1.82, 2.24) is 14.9 Å². The molecule has 7 heteroatoms. The lowest BCUT2D eigenvalue weighted by molar-refractivity contribution is -0.119. The van der Waals surface area contributed by atoms with E-state index in [1.807, 2.05) is 85.8 Å². The van der Waals surface area contributed by atoms with Gasteiger partial charge in [-0.1, -0.05) is 90.6 Å². The number of benzene rings is 3. The van der Waals surface area contributed by atoms with Crippen molar-refractivity contribution < 1.29 is 9.90 Å². The number of nitrogens with one attached hydrogen (secondary N) is 1. The summed E-state index contributed by atoms with van der Waals surface area (Å²) < 4.78 is 1.42. The fraction of sp³-hybridized carbons (Fsp3) is 0.115. The Labute approximate surface area is 196 Å². The molecule has 0 unspecified atom stereocenters. The highest BCUT2D eigenvalue weighted by atomic mass is 32.2. The van der Waals surface area contributed by atoms with Crippen molar-refractivity contribution in [3.8, 4) is 11.6 Å². The number of aryl methyl sites for hydroxylation is 1. The number of carbonyl (C=O) groups is 1. The van der Waals surface area contributed by atoms with Gasteiger partial charge in [0.25, 0.3) is 5.56 Å². The monoisotopic (exact) mass is 457 g/mol. The Kier molecular flexibility index (Phi) is 6.90. The zero-order valence-electron chi connectivity index (χ0n) is 18.0. The average molecular weight is 458 g/mol. The standard InChI is InChI=1S/C26H23N3O3S/c1-18-10-8-9-15-21(18)29-24(32)16-22(30)28-26(29)33-17-23(31)27-25(19-11-4-2-5-12-19)20-13-6-3-7-14-20/h2-16,25,30H,17H2,1H3,(H,27,31). The highest BCUT2D eigenvalue weighted by Crippen LogP contribution is 2.24. The van der Waals surface area contributed by atoms with Crippen LogP contribution in [-0.4, -0.2) is 26.3 Å². The number of aromatic nitrogens is 2. The van der Waals surface area contributed by atoms with E-state index in [4.69, 9.17) is 0 Å². The van der Waals surface area contributed by atoms with Gasteiger partial charge in [-0.25, -0.2) is 0 Å². The van der Waals surface area contributed by atoms with Gasteiger partial charge in [0, 0.05) is 0 Å². The molecule has 0 aliphatic heterocycles. The van der Waals surface area contributed by atoms with Gasteiger partial charge in [0.2, 0.25) is 11.8 Å². The molecule has 33 heavy (non-hydrogen) atoms. The van der Waals surface area contributed by atoms with Crippen molar-refractivity contribution >= 4 is 17.7 Å². The summed E-state index contributed by atoms with van der Waals surface area (Å²) in [6, 6.07) is 27.6. The average Bonchev–Trinajstić information content (AvgIpc) is 2.83. The quantitative estimate of drug-likeness (QED) is 0.320. The molecule has 0 aliphatic carbocycles. The van der Waals surface area contributed by atoms with Crippen molar-refractivity contribution in [2.45, 2.75) is 18.1 Å². The fourth-order valence-electron chi connectivity index (χ4n) is 3.57. The summed E-state index contributed by atoms with van der Waals surface area (Å²) in [5.74, 6) is -0.566. The van der Waals surface area contributed by atoms with Crippen LogP contribution in [0.15, 0.2) is 101 Å². The number of para-hydroxylation sites is 1. The molecule has 6 nitrogen and oxygen atoms in total. The van der Waals surface area contributed by atoms with Crippen LogP contribution in [0.5, 0.6) is 5.88 Å². The lowest BCUT2D eigenvalue weighted by atomic mass is 9.99. The van der Waals surface area contributed by atoms with Crippen LogP contribution in [0.2, 0.25) is 0 Å². The van der Waals surface area contributed by atoms with Crippen LogP contribution < -0.4 is 10.9 Å². The van der Waals surface area contributed by atoms with Gasteiger partial charge in [-0.2, -0.15) is 4.98 Å². The number of hydrogen-bond acceptors (Lipinski definition) is 5. The first-order valence-corrected chi connectivity index (χ1v) is 11.4. The van der Waals surface area contributed by atoms with E-state index in [0.29, 0.717) is 5.69 Å². The highest BCUT2D eigenvalue weighted by molar-refractivity contribution is 7.99. The molecule has 166 valence electrons. The minimum atomic E-state index is -0.411. The van der Waals surface area contributed by atoms with E-state index in [1.54, 1.807) is 6.07 Å². The van der Waals surface area contributed by atoms with Crippen molar-refractivity contribution in [2.24, 2.45) is 0 Å². The second-order valence-corrected chi connectivity index (χ2v) is 8.41. The van der Waals surface area contributed by atoms with Crippen LogP contribution in [-0.2, 0) is 4.79 Å². The summed E-state index contributed by atoms with van der Waals surface area (Å²) in [4.78, 5) is 29.7. The van der Waals surface area contributed by atoms with Crippen molar-refractivity contribution in [3.63, 3.8) is 0 Å². The fourth-order valence-corrected chi connectivity index (χ4v) is 4.38. The summed E-state index contributed by atoms with van der Waals surface area (Å²) in [5, 5.41) is 13.2. The van der Waals surface area contributed by atoms with Gasteiger partial charge in [0.1, 0.15) is 0 Å². The molecule has 1 amide bonds. The predicted octanol–water partition coefficient (Wildman–Crippen LogP) is 4.24. The van der Waals surface area contributed by atoms with Crippen LogP contribution in [0.1, 0.15) is 22.7 Å². The first kappa shape index (κ1) is 22.4. The number of hydrogen-bond donors (Lipinski definition) is 2. The molecule has 0 aliphatic rings. The van der Waals surface area contributed by atoms with Gasteiger partial charge in [0.15, 0.2) is 5.16 Å². The van der Waals surface area contributed by atoms with Gasteiger partial charge in [-0.3, -0.25) is 14.2 Å². The van der Waals surface area contributed by atoms with Crippen LogP contribution in [0, 0.1) is 6.92 Å². The number of rotatable bonds is 7. The van der Waals surface area contributed by atoms with E-state index < -0.39 is 5.56 Å². The first-order chi connectivity index (χ1) is 16.0. The zero-order valence-corrected chi connectivity index (χ0v) is 18.8. The molecule has 2 N–H and O–H groups in total. The van der Waals surface area contributed by atoms with Gasteiger partial charge in [0.05, 0.1) is 23.5 Å². The number of amides is 1. The molecular formula is C26H23N3O3S. The van der Waals surface area contributed by atoms with Crippen LogP contribution >= 0.6 is 11.8 Å². The third kappa shape index (κ3) is 5.32. The Bertz CT molecular complexity index is 1270. The van der Waals surface area contributed by atoms with E-state index >= 15 is 0 Å². The first-order valence-electron chi connectivity index (χ1n) is 10.4. The Morgan fingerprint density at radius 3 is 2.15 bits per heavy atom. The van der Waals surface area contributed by atoms with Gasteiger partial charge >= 0.3 is 0 Å². The Morgan fingerprint density at radius 2 is 1.55 bits per heavy atom. The lowest BCUT2D eigenvalue weighted by Crippen LogP contribution is -2.31. The Hall–Kier alpha value is -3.84. The number of aromatic hydroxyl groups is 1. The minimum absolute atomic E-state index is 0.0257. The molecule has 4 rings (SSSR count). The molecule has 0 spiro atoms. The van der Waals surface area contributed by atoms with E-state index in [9.17, 15) is 14.7 Å². The largest absolute Gasteiger partial charge is 0.493 e. The Balaban J connectivity index is 1.58. The maximum absolute atomic E-state index is 12.9. The van der Waals surface area contributed by atoms with E-state index in [2.05, 4.69) is 10.3 Å².